The van der Waals surface area contributed by atoms with E-state index in [0.717, 1.165) is 44.6 Å². The summed E-state index contributed by atoms with van der Waals surface area (Å²) >= 11 is 0. The number of likely N-dealkylation sites (tertiary alicyclic amines) is 1. The van der Waals surface area contributed by atoms with Crippen LogP contribution in [0.25, 0.3) is 0 Å². The van der Waals surface area contributed by atoms with E-state index in [-0.39, 0.29) is 36.1 Å². The Balaban J connectivity index is 0.00000280. The molecule has 0 spiro atoms. The molecule has 1 saturated heterocycles. The van der Waals surface area contributed by atoms with Gasteiger partial charge in [-0.25, -0.2) is 4.39 Å². The Hall–Kier alpha value is -1.91. The van der Waals surface area contributed by atoms with Crippen molar-refractivity contribution in [3.63, 3.8) is 0 Å². The van der Waals surface area contributed by atoms with Crippen LogP contribution in [-0.4, -0.2) is 36.5 Å². The fourth-order valence-electron chi connectivity index (χ4n) is 3.73. The number of halogens is 2. The molecule has 1 heterocycles. The first-order chi connectivity index (χ1) is 13.0. The van der Waals surface area contributed by atoms with Crippen LogP contribution in [-0.2, 0) is 11.2 Å². The second-order valence-electron chi connectivity index (χ2n) is 7.65. The Morgan fingerprint density at radius 1 is 1.07 bits per heavy atom. The number of amides is 1. The van der Waals surface area contributed by atoms with Crippen LogP contribution in [0.1, 0.15) is 32.3 Å². The molecule has 0 atom stereocenters. The molecule has 28 heavy (non-hydrogen) atoms. The van der Waals surface area contributed by atoms with Crippen LogP contribution in [0.4, 0.5) is 10.1 Å². The summed E-state index contributed by atoms with van der Waals surface area (Å²) in [5, 5.41) is 0. The highest BCUT2D eigenvalue weighted by Crippen LogP contribution is 2.26. The Bertz CT molecular complexity index is 728. The normalized spacial score (nSPS) is 15.3. The smallest absolute Gasteiger partial charge is 0.229 e. The van der Waals surface area contributed by atoms with E-state index >= 15 is 0 Å². The van der Waals surface area contributed by atoms with E-state index in [1.54, 1.807) is 12.1 Å². The summed E-state index contributed by atoms with van der Waals surface area (Å²) in [6.45, 7) is 6.87. The average molecular weight is 405 g/mol. The first-order valence-corrected chi connectivity index (χ1v) is 9.89. The van der Waals surface area contributed by atoms with Gasteiger partial charge in [-0.1, -0.05) is 44.2 Å². The molecule has 5 heteroatoms. The van der Waals surface area contributed by atoms with Gasteiger partial charge in [0.05, 0.1) is 0 Å². The number of rotatable bonds is 6. The molecule has 1 fully saturated rings. The van der Waals surface area contributed by atoms with Gasteiger partial charge < -0.3 is 9.80 Å². The molecule has 0 aliphatic carbocycles. The highest BCUT2D eigenvalue weighted by Gasteiger charge is 2.30. The fraction of sp³-hybridized carbons (Fsp3) is 0.435. The van der Waals surface area contributed by atoms with Gasteiger partial charge in [0.1, 0.15) is 5.82 Å². The Morgan fingerprint density at radius 3 is 2.25 bits per heavy atom. The molecule has 0 bridgehead atoms. The SMILES string of the molecule is CC(C)C(=O)N(c1ccc(F)cc1)C1CCN(CCc2ccccc2)CC1.Cl. The molecule has 1 aliphatic rings. The molecular formula is C23H30ClFN2O. The van der Waals surface area contributed by atoms with Crippen molar-refractivity contribution in [2.75, 3.05) is 24.5 Å². The molecule has 0 saturated carbocycles. The summed E-state index contributed by atoms with van der Waals surface area (Å²) < 4.78 is 13.3. The molecule has 3 nitrogen and oxygen atoms in total. The lowest BCUT2D eigenvalue weighted by molar-refractivity contribution is -0.122. The van der Waals surface area contributed by atoms with Gasteiger partial charge in [0.25, 0.3) is 0 Å². The average Bonchev–Trinajstić information content (AvgIpc) is 2.69. The van der Waals surface area contributed by atoms with Crippen LogP contribution < -0.4 is 4.90 Å². The summed E-state index contributed by atoms with van der Waals surface area (Å²) in [6, 6.07) is 17.0. The van der Waals surface area contributed by atoms with Gasteiger partial charge in [0.15, 0.2) is 0 Å². The van der Waals surface area contributed by atoms with E-state index in [2.05, 4.69) is 29.2 Å². The van der Waals surface area contributed by atoms with Gasteiger partial charge in [-0.3, -0.25) is 4.79 Å². The molecule has 152 valence electrons. The number of carbonyl (C=O) groups is 1. The van der Waals surface area contributed by atoms with Crippen molar-refractivity contribution in [2.24, 2.45) is 5.92 Å². The maximum Gasteiger partial charge on any atom is 0.229 e. The van der Waals surface area contributed by atoms with Crippen molar-refractivity contribution in [3.05, 3.63) is 66.0 Å². The predicted molar refractivity (Wildman–Crippen MR) is 116 cm³/mol. The van der Waals surface area contributed by atoms with Crippen LogP contribution >= 0.6 is 12.4 Å². The van der Waals surface area contributed by atoms with E-state index in [1.165, 1.54) is 17.7 Å². The molecule has 0 radical (unpaired) electrons. The summed E-state index contributed by atoms with van der Waals surface area (Å²) in [5.41, 5.74) is 2.17. The monoisotopic (exact) mass is 404 g/mol. The van der Waals surface area contributed by atoms with Crippen LogP contribution in [0.2, 0.25) is 0 Å². The third kappa shape index (κ3) is 5.79. The van der Waals surface area contributed by atoms with Crippen molar-refractivity contribution in [3.8, 4) is 0 Å². The van der Waals surface area contributed by atoms with E-state index in [0.29, 0.717) is 0 Å². The van der Waals surface area contributed by atoms with Gasteiger partial charge >= 0.3 is 0 Å². The Kier molecular flexibility index (Phi) is 8.46. The molecule has 2 aromatic rings. The first-order valence-electron chi connectivity index (χ1n) is 9.89. The minimum Gasteiger partial charge on any atom is -0.309 e. The lowest BCUT2D eigenvalue weighted by Crippen LogP contribution is -2.49. The summed E-state index contributed by atoms with van der Waals surface area (Å²) in [7, 11) is 0. The maximum absolute atomic E-state index is 13.3. The minimum absolute atomic E-state index is 0. The highest BCUT2D eigenvalue weighted by molar-refractivity contribution is 5.95. The van der Waals surface area contributed by atoms with E-state index in [9.17, 15) is 9.18 Å². The van der Waals surface area contributed by atoms with Crippen LogP contribution in [0.15, 0.2) is 54.6 Å². The standard InChI is InChI=1S/C23H29FN2O.ClH/c1-18(2)23(27)26(21-10-8-20(24)9-11-21)22-13-16-25(17-14-22)15-12-19-6-4-3-5-7-19;/h3-11,18,22H,12-17H2,1-2H3;1H. The largest absolute Gasteiger partial charge is 0.309 e. The van der Waals surface area contributed by atoms with Crippen molar-refractivity contribution in [1.29, 1.82) is 0 Å². The van der Waals surface area contributed by atoms with E-state index in [4.69, 9.17) is 0 Å². The van der Waals surface area contributed by atoms with Crippen molar-refractivity contribution in [1.82, 2.24) is 4.90 Å². The number of benzene rings is 2. The van der Waals surface area contributed by atoms with Crippen LogP contribution in [0, 0.1) is 11.7 Å². The predicted octanol–water partition coefficient (Wildman–Crippen LogP) is 4.94. The number of hydrogen-bond acceptors (Lipinski definition) is 2. The van der Waals surface area contributed by atoms with E-state index < -0.39 is 0 Å². The molecule has 0 N–H and O–H groups in total. The number of nitrogens with zero attached hydrogens (tertiary/aromatic N) is 2. The van der Waals surface area contributed by atoms with Crippen molar-refractivity contribution >= 4 is 24.0 Å². The molecule has 0 aromatic heterocycles. The van der Waals surface area contributed by atoms with Crippen LogP contribution in [0.5, 0.6) is 0 Å². The van der Waals surface area contributed by atoms with Crippen molar-refractivity contribution < 1.29 is 9.18 Å². The lowest BCUT2D eigenvalue weighted by atomic mass is 9.99. The lowest BCUT2D eigenvalue weighted by Gasteiger charge is -2.39. The van der Waals surface area contributed by atoms with Gasteiger partial charge in [-0.2, -0.15) is 0 Å². The van der Waals surface area contributed by atoms with Crippen LogP contribution in [0.3, 0.4) is 0 Å². The number of carbonyl (C=O) groups excluding carboxylic acids is 1. The molecule has 3 rings (SSSR count). The third-order valence-corrected chi connectivity index (χ3v) is 5.32. The first kappa shape index (κ1) is 22.4. The second-order valence-corrected chi connectivity index (χ2v) is 7.65. The fourth-order valence-corrected chi connectivity index (χ4v) is 3.73. The number of anilines is 1. The summed E-state index contributed by atoms with van der Waals surface area (Å²) in [6.07, 6.45) is 2.95. The third-order valence-electron chi connectivity index (χ3n) is 5.32. The Morgan fingerprint density at radius 2 is 1.68 bits per heavy atom. The van der Waals surface area contributed by atoms with Gasteiger partial charge in [-0.05, 0) is 49.1 Å². The molecule has 1 amide bonds. The minimum atomic E-state index is -0.272. The molecule has 2 aromatic carbocycles. The quantitative estimate of drug-likeness (QED) is 0.680. The number of hydrogen-bond donors (Lipinski definition) is 0. The maximum atomic E-state index is 13.3. The zero-order valence-corrected chi connectivity index (χ0v) is 17.5. The van der Waals surface area contributed by atoms with E-state index in [1.807, 2.05) is 24.8 Å². The molecule has 0 unspecified atom stereocenters. The summed E-state index contributed by atoms with van der Waals surface area (Å²) in [4.78, 5) is 17.2. The van der Waals surface area contributed by atoms with Gasteiger partial charge in [0.2, 0.25) is 5.91 Å². The Labute approximate surface area is 173 Å². The topological polar surface area (TPSA) is 23.6 Å². The molecular weight excluding hydrogens is 375 g/mol. The highest BCUT2D eigenvalue weighted by atomic mass is 35.5. The van der Waals surface area contributed by atoms with Gasteiger partial charge in [0, 0.05) is 37.3 Å². The zero-order valence-electron chi connectivity index (χ0n) is 16.7. The van der Waals surface area contributed by atoms with Gasteiger partial charge in [-0.15, -0.1) is 12.4 Å². The number of piperidine rings is 1. The molecule has 1 aliphatic heterocycles. The zero-order chi connectivity index (χ0) is 19.2. The summed E-state index contributed by atoms with van der Waals surface area (Å²) in [5.74, 6) is -0.234. The van der Waals surface area contributed by atoms with Crippen molar-refractivity contribution in [2.45, 2.75) is 39.2 Å². The second kappa shape index (κ2) is 10.6.